The van der Waals surface area contributed by atoms with Gasteiger partial charge in [0, 0.05) is 32.7 Å². The molecule has 0 N–H and O–H groups in total. The van der Waals surface area contributed by atoms with Gasteiger partial charge in [-0.15, -0.1) is 0 Å². The number of rotatable bonds is 4. The molecule has 0 amide bonds. The molecule has 0 bridgehead atoms. The minimum Gasteiger partial charge on any atom is -0.750 e. The topological polar surface area (TPSA) is 98.7 Å². The average Bonchev–Trinajstić information content (AvgIpc) is 1.63. The van der Waals surface area contributed by atoms with Crippen molar-refractivity contribution in [3.05, 3.63) is 0 Å². The van der Waals surface area contributed by atoms with Crippen molar-refractivity contribution in [3.63, 3.8) is 0 Å². The molecule has 0 fully saturated rings. The molecule has 6 nitrogen and oxygen atoms in total. The third-order valence-corrected chi connectivity index (χ3v) is 0.866. The van der Waals surface area contributed by atoms with Gasteiger partial charge >= 0.3 is 0 Å². The summed E-state index contributed by atoms with van der Waals surface area (Å²) in [6, 6.07) is 0. The van der Waals surface area contributed by atoms with E-state index >= 15 is 0 Å². The standard InChI is InChI=1S/CH4O6S2.Y/c2-8(3)6-1-7-9(4)5;/h1H2,(H,2,3)(H,4,5);/p-2. The summed E-state index contributed by atoms with van der Waals surface area (Å²) in [6.45, 7) is -0.813. The van der Waals surface area contributed by atoms with Gasteiger partial charge in [0.1, 0.15) is 0 Å². The fraction of sp³-hybridized carbons (Fsp3) is 1.00. The van der Waals surface area contributed by atoms with Crippen molar-refractivity contribution in [3.8, 4) is 0 Å². The Hall–Kier alpha value is 1.24. The quantitative estimate of drug-likeness (QED) is 0.455. The van der Waals surface area contributed by atoms with Crippen LogP contribution < -0.4 is 0 Å². The smallest absolute Gasteiger partial charge is 0.176 e. The van der Waals surface area contributed by atoms with Gasteiger partial charge in [-0.3, -0.25) is 8.37 Å². The van der Waals surface area contributed by atoms with Crippen LogP contribution in [-0.2, 0) is 63.8 Å². The van der Waals surface area contributed by atoms with Gasteiger partial charge in [0.15, 0.2) is 6.79 Å². The maximum absolute atomic E-state index is 9.48. The third-order valence-electron chi connectivity index (χ3n) is 0.289. The first-order chi connectivity index (χ1) is 4.13. The summed E-state index contributed by atoms with van der Waals surface area (Å²) in [5.74, 6) is 0. The monoisotopic (exact) mass is 263 g/mol. The van der Waals surface area contributed by atoms with Crippen LogP contribution in [0.4, 0.5) is 0 Å². The minimum atomic E-state index is -2.73. The van der Waals surface area contributed by atoms with Gasteiger partial charge < -0.3 is 9.11 Å². The van der Waals surface area contributed by atoms with Crippen LogP contribution >= 0.6 is 0 Å². The zero-order valence-corrected chi connectivity index (χ0v) is 9.02. The van der Waals surface area contributed by atoms with E-state index in [9.17, 15) is 17.5 Å². The average molecular weight is 263 g/mol. The van der Waals surface area contributed by atoms with Crippen LogP contribution in [0.25, 0.3) is 0 Å². The van der Waals surface area contributed by atoms with Gasteiger partial charge in [-0.2, -0.15) is 0 Å². The van der Waals surface area contributed by atoms with Crippen LogP contribution in [0.1, 0.15) is 0 Å². The van der Waals surface area contributed by atoms with Crippen molar-refractivity contribution in [1.82, 2.24) is 0 Å². The minimum absolute atomic E-state index is 0. The van der Waals surface area contributed by atoms with E-state index in [1.165, 1.54) is 0 Å². The van der Waals surface area contributed by atoms with Crippen LogP contribution in [0.2, 0.25) is 0 Å². The molecule has 10 heavy (non-hydrogen) atoms. The molecular formula is CH2O6S2Y-2. The molecule has 0 aromatic heterocycles. The van der Waals surface area contributed by atoms with Crippen LogP contribution in [-0.4, -0.2) is 24.3 Å². The summed E-state index contributed by atoms with van der Waals surface area (Å²) >= 11 is -5.46. The van der Waals surface area contributed by atoms with E-state index in [0.717, 1.165) is 0 Å². The van der Waals surface area contributed by atoms with Gasteiger partial charge in [0.2, 0.25) is 0 Å². The molecule has 0 spiro atoms. The molecule has 1 radical (unpaired) electrons. The Labute approximate surface area is 87.5 Å². The Balaban J connectivity index is 0. The van der Waals surface area contributed by atoms with Gasteiger partial charge in [0.25, 0.3) is 0 Å². The van der Waals surface area contributed by atoms with Crippen molar-refractivity contribution < 1.29 is 58.6 Å². The van der Waals surface area contributed by atoms with Crippen molar-refractivity contribution in [2.24, 2.45) is 0 Å². The summed E-state index contributed by atoms with van der Waals surface area (Å²) < 4.78 is 45.2. The molecule has 2 unspecified atom stereocenters. The fourth-order valence-corrected chi connectivity index (χ4v) is 0.412. The predicted octanol–water partition coefficient (Wildman–Crippen LogP) is -1.44. The van der Waals surface area contributed by atoms with Crippen LogP contribution in [0.3, 0.4) is 0 Å². The Kier molecular flexibility index (Phi) is 11.5. The second-order valence-electron chi connectivity index (χ2n) is 0.762. The molecule has 0 heterocycles. The van der Waals surface area contributed by atoms with Crippen molar-refractivity contribution in [1.29, 1.82) is 0 Å². The molecule has 9 heteroatoms. The molecule has 59 valence electrons. The van der Waals surface area contributed by atoms with Crippen LogP contribution in [0.15, 0.2) is 0 Å². The first-order valence-electron chi connectivity index (χ1n) is 1.58. The van der Waals surface area contributed by atoms with Crippen molar-refractivity contribution in [2.75, 3.05) is 6.79 Å². The zero-order valence-electron chi connectivity index (χ0n) is 4.55. The molecule has 2 atom stereocenters. The van der Waals surface area contributed by atoms with E-state index < -0.39 is 29.5 Å². The first-order valence-corrected chi connectivity index (χ1v) is 3.58. The van der Waals surface area contributed by atoms with Gasteiger partial charge in [0.05, 0.1) is 22.7 Å². The molecule has 0 saturated heterocycles. The van der Waals surface area contributed by atoms with Crippen molar-refractivity contribution >= 4 is 22.7 Å². The van der Waals surface area contributed by atoms with E-state index in [-0.39, 0.29) is 32.7 Å². The van der Waals surface area contributed by atoms with Crippen molar-refractivity contribution in [2.45, 2.75) is 0 Å². The van der Waals surface area contributed by atoms with Crippen LogP contribution in [0.5, 0.6) is 0 Å². The van der Waals surface area contributed by atoms with E-state index in [2.05, 4.69) is 8.37 Å². The summed E-state index contributed by atoms with van der Waals surface area (Å²) in [7, 11) is 0. The summed E-state index contributed by atoms with van der Waals surface area (Å²) in [5, 5.41) is 0. The van der Waals surface area contributed by atoms with E-state index in [1.54, 1.807) is 0 Å². The van der Waals surface area contributed by atoms with E-state index in [0.29, 0.717) is 0 Å². The SMILES string of the molecule is O=S([O-])OCOS(=O)[O-].[Y]. The maximum atomic E-state index is 9.48. The molecule has 0 aliphatic rings. The van der Waals surface area contributed by atoms with Gasteiger partial charge in [-0.05, 0) is 0 Å². The normalized spacial score (nSPS) is 15.4. The summed E-state index contributed by atoms with van der Waals surface area (Å²) in [5.41, 5.74) is 0. The molecule has 0 aliphatic heterocycles. The number of hydrogen-bond donors (Lipinski definition) is 0. The van der Waals surface area contributed by atoms with Gasteiger partial charge in [-0.25, -0.2) is 8.42 Å². The van der Waals surface area contributed by atoms with Gasteiger partial charge in [-0.1, -0.05) is 0 Å². The van der Waals surface area contributed by atoms with E-state index in [4.69, 9.17) is 0 Å². The zero-order chi connectivity index (χ0) is 7.28. The molecule has 0 aromatic rings. The maximum Gasteiger partial charge on any atom is 0.176 e. The van der Waals surface area contributed by atoms with Crippen LogP contribution in [0, 0.1) is 0 Å². The molecule has 0 rings (SSSR count). The second-order valence-corrected chi connectivity index (χ2v) is 2.05. The Morgan fingerprint density at radius 1 is 1.10 bits per heavy atom. The third kappa shape index (κ3) is 12.0. The summed E-state index contributed by atoms with van der Waals surface area (Å²) in [6.07, 6.45) is 0. The second kappa shape index (κ2) is 8.34. The Bertz CT molecular complexity index is 111. The Morgan fingerprint density at radius 2 is 1.40 bits per heavy atom. The predicted molar refractivity (Wildman–Crippen MR) is 24.9 cm³/mol. The molecular weight excluding hydrogens is 261 g/mol. The fourth-order valence-electron chi connectivity index (χ4n) is 0.0982. The Morgan fingerprint density at radius 3 is 1.60 bits per heavy atom. The largest absolute Gasteiger partial charge is 0.750 e. The summed E-state index contributed by atoms with van der Waals surface area (Å²) in [4.78, 5) is 0. The molecule has 0 aliphatic carbocycles. The molecule has 0 aromatic carbocycles. The van der Waals surface area contributed by atoms with E-state index in [1.807, 2.05) is 0 Å². The first kappa shape index (κ1) is 13.8. The molecule has 0 saturated carbocycles. The number of hydrogen-bond acceptors (Lipinski definition) is 6.